The highest BCUT2D eigenvalue weighted by molar-refractivity contribution is 9.10. The van der Waals surface area contributed by atoms with Gasteiger partial charge in [-0.2, -0.15) is 0 Å². The second-order valence-corrected chi connectivity index (χ2v) is 5.18. The number of carbonyl (C=O) groups is 1. The molecule has 1 amide bonds. The van der Waals surface area contributed by atoms with Crippen LogP contribution in [-0.4, -0.2) is 12.6 Å². The number of halogens is 1. The van der Waals surface area contributed by atoms with Crippen molar-refractivity contribution in [1.82, 2.24) is 0 Å². The maximum Gasteiger partial charge on any atom is 0.414 e. The summed E-state index contributed by atoms with van der Waals surface area (Å²) in [6.45, 7) is 2.76. The van der Waals surface area contributed by atoms with E-state index in [4.69, 9.17) is 4.74 Å². The molecule has 0 aliphatic carbocycles. The first-order chi connectivity index (χ1) is 9.70. The number of rotatable bonds is 4. The van der Waals surface area contributed by atoms with Gasteiger partial charge in [0.15, 0.2) is 0 Å². The van der Waals surface area contributed by atoms with E-state index in [2.05, 4.69) is 15.9 Å². The molecule has 2 rings (SSSR count). The molecule has 20 heavy (non-hydrogen) atoms. The van der Waals surface area contributed by atoms with E-state index >= 15 is 0 Å². The number of anilines is 1. The Kier molecular flexibility index (Phi) is 5.18. The van der Waals surface area contributed by atoms with Crippen molar-refractivity contribution in [2.24, 2.45) is 0 Å². The molecule has 0 saturated carbocycles. The van der Waals surface area contributed by atoms with Crippen LogP contribution in [0.3, 0.4) is 0 Å². The normalized spacial score (nSPS) is 10.1. The van der Waals surface area contributed by atoms with E-state index in [0.29, 0.717) is 6.54 Å². The summed E-state index contributed by atoms with van der Waals surface area (Å²) in [4.78, 5) is 13.8. The van der Waals surface area contributed by atoms with Crippen molar-refractivity contribution >= 4 is 27.7 Å². The molecule has 2 aromatic carbocycles. The molecule has 4 heteroatoms. The summed E-state index contributed by atoms with van der Waals surface area (Å²) in [6, 6.07) is 17.3. The number of hydrogen-bond acceptors (Lipinski definition) is 2. The first-order valence-electron chi connectivity index (χ1n) is 6.44. The molecule has 0 spiro atoms. The van der Waals surface area contributed by atoms with Crippen LogP contribution in [0, 0.1) is 0 Å². The molecule has 2 aromatic rings. The van der Waals surface area contributed by atoms with Crippen LogP contribution >= 0.6 is 15.9 Å². The summed E-state index contributed by atoms with van der Waals surface area (Å²) < 4.78 is 6.28. The molecule has 0 aromatic heterocycles. The lowest BCUT2D eigenvalue weighted by molar-refractivity contribution is 0.147. The van der Waals surface area contributed by atoms with Gasteiger partial charge in [-0.05, 0) is 30.7 Å². The largest absolute Gasteiger partial charge is 0.444 e. The van der Waals surface area contributed by atoms with Crippen molar-refractivity contribution < 1.29 is 9.53 Å². The third-order valence-corrected chi connectivity index (χ3v) is 3.35. The minimum absolute atomic E-state index is 0.282. The van der Waals surface area contributed by atoms with Gasteiger partial charge < -0.3 is 4.74 Å². The van der Waals surface area contributed by atoms with E-state index in [1.807, 2.05) is 61.5 Å². The predicted molar refractivity (Wildman–Crippen MR) is 83.8 cm³/mol. The molecular weight excluding hydrogens is 318 g/mol. The molecule has 0 radical (unpaired) electrons. The number of carbonyl (C=O) groups excluding carboxylic acids is 1. The summed E-state index contributed by atoms with van der Waals surface area (Å²) in [6.07, 6.45) is -0.338. The molecule has 3 nitrogen and oxygen atoms in total. The SMILES string of the molecule is CCN(C(=O)OCc1ccccc1)c1cccc(Br)c1. The van der Waals surface area contributed by atoms with Gasteiger partial charge in [0, 0.05) is 16.7 Å². The van der Waals surface area contributed by atoms with Gasteiger partial charge in [-0.15, -0.1) is 0 Å². The van der Waals surface area contributed by atoms with Gasteiger partial charge in [0.1, 0.15) is 6.61 Å². The van der Waals surface area contributed by atoms with Gasteiger partial charge in [0.25, 0.3) is 0 Å². The van der Waals surface area contributed by atoms with Crippen LogP contribution in [0.25, 0.3) is 0 Å². The van der Waals surface area contributed by atoms with Crippen LogP contribution in [0.1, 0.15) is 12.5 Å². The van der Waals surface area contributed by atoms with Crippen LogP contribution in [-0.2, 0) is 11.3 Å². The maximum atomic E-state index is 12.1. The topological polar surface area (TPSA) is 29.5 Å². The van der Waals surface area contributed by atoms with Crippen molar-refractivity contribution in [1.29, 1.82) is 0 Å². The zero-order valence-corrected chi connectivity index (χ0v) is 12.8. The molecule has 0 bridgehead atoms. The minimum atomic E-state index is -0.338. The highest BCUT2D eigenvalue weighted by Crippen LogP contribution is 2.20. The average molecular weight is 334 g/mol. The Balaban J connectivity index is 2.02. The number of ether oxygens (including phenoxy) is 1. The number of nitrogens with zero attached hydrogens (tertiary/aromatic N) is 1. The van der Waals surface area contributed by atoms with Crippen molar-refractivity contribution in [3.8, 4) is 0 Å². The van der Waals surface area contributed by atoms with Crippen LogP contribution in [0.5, 0.6) is 0 Å². The van der Waals surface area contributed by atoms with Gasteiger partial charge in [-0.1, -0.05) is 52.3 Å². The molecule has 0 saturated heterocycles. The molecule has 0 atom stereocenters. The Labute approximate surface area is 127 Å². The zero-order chi connectivity index (χ0) is 14.4. The lowest BCUT2D eigenvalue weighted by Gasteiger charge is -2.20. The van der Waals surface area contributed by atoms with Crippen LogP contribution in [0.15, 0.2) is 59.1 Å². The van der Waals surface area contributed by atoms with E-state index < -0.39 is 0 Å². The molecule has 0 N–H and O–H groups in total. The lowest BCUT2D eigenvalue weighted by atomic mass is 10.2. The molecule has 104 valence electrons. The second kappa shape index (κ2) is 7.10. The molecule has 0 unspecified atom stereocenters. The Bertz CT molecular complexity index is 572. The first-order valence-corrected chi connectivity index (χ1v) is 7.24. The minimum Gasteiger partial charge on any atom is -0.444 e. The fourth-order valence-electron chi connectivity index (χ4n) is 1.86. The fraction of sp³-hybridized carbons (Fsp3) is 0.188. The third kappa shape index (κ3) is 3.84. The van der Waals surface area contributed by atoms with E-state index in [-0.39, 0.29) is 12.7 Å². The zero-order valence-electron chi connectivity index (χ0n) is 11.3. The Hall–Kier alpha value is -1.81. The Morgan fingerprint density at radius 2 is 1.90 bits per heavy atom. The van der Waals surface area contributed by atoms with Crippen molar-refractivity contribution in [3.63, 3.8) is 0 Å². The quantitative estimate of drug-likeness (QED) is 0.817. The van der Waals surface area contributed by atoms with Crippen molar-refractivity contribution in [2.75, 3.05) is 11.4 Å². The summed E-state index contributed by atoms with van der Waals surface area (Å²) in [7, 11) is 0. The van der Waals surface area contributed by atoms with Crippen LogP contribution < -0.4 is 4.90 Å². The van der Waals surface area contributed by atoms with E-state index in [9.17, 15) is 4.79 Å². The highest BCUT2D eigenvalue weighted by Gasteiger charge is 2.15. The first kappa shape index (κ1) is 14.6. The average Bonchev–Trinajstić information content (AvgIpc) is 2.47. The van der Waals surface area contributed by atoms with E-state index in [0.717, 1.165) is 15.7 Å². The summed E-state index contributed by atoms with van der Waals surface area (Å²) in [5, 5.41) is 0. The molecule has 0 heterocycles. The smallest absolute Gasteiger partial charge is 0.414 e. The lowest BCUT2D eigenvalue weighted by Crippen LogP contribution is -2.31. The van der Waals surface area contributed by atoms with E-state index in [1.165, 1.54) is 0 Å². The van der Waals surface area contributed by atoms with Crippen molar-refractivity contribution in [2.45, 2.75) is 13.5 Å². The van der Waals surface area contributed by atoms with Crippen molar-refractivity contribution in [3.05, 3.63) is 64.6 Å². The molecular formula is C16H16BrNO2. The van der Waals surface area contributed by atoms with Gasteiger partial charge in [0.05, 0.1) is 0 Å². The Morgan fingerprint density at radius 1 is 1.15 bits per heavy atom. The van der Waals surface area contributed by atoms with E-state index in [1.54, 1.807) is 4.90 Å². The number of benzene rings is 2. The Morgan fingerprint density at radius 3 is 2.55 bits per heavy atom. The second-order valence-electron chi connectivity index (χ2n) is 4.26. The summed E-state index contributed by atoms with van der Waals surface area (Å²) in [5.41, 5.74) is 1.80. The maximum absolute atomic E-state index is 12.1. The van der Waals surface area contributed by atoms with Gasteiger partial charge in [-0.25, -0.2) is 4.79 Å². The number of hydrogen-bond donors (Lipinski definition) is 0. The molecule has 0 aliphatic rings. The van der Waals surface area contributed by atoms with Gasteiger partial charge in [0.2, 0.25) is 0 Å². The monoisotopic (exact) mass is 333 g/mol. The van der Waals surface area contributed by atoms with Crippen LogP contribution in [0.2, 0.25) is 0 Å². The van der Waals surface area contributed by atoms with Gasteiger partial charge in [-0.3, -0.25) is 4.90 Å². The summed E-state index contributed by atoms with van der Waals surface area (Å²) in [5.74, 6) is 0. The third-order valence-electron chi connectivity index (χ3n) is 2.86. The molecule has 0 fully saturated rings. The van der Waals surface area contributed by atoms with Crippen LogP contribution in [0.4, 0.5) is 10.5 Å². The molecule has 0 aliphatic heterocycles. The number of amides is 1. The fourth-order valence-corrected chi connectivity index (χ4v) is 2.25. The predicted octanol–water partition coefficient (Wildman–Crippen LogP) is 4.61. The van der Waals surface area contributed by atoms with Gasteiger partial charge >= 0.3 is 6.09 Å². The standard InChI is InChI=1S/C16H16BrNO2/c1-2-18(15-10-6-9-14(17)11-15)16(19)20-12-13-7-4-3-5-8-13/h3-11H,2,12H2,1H3. The summed E-state index contributed by atoms with van der Waals surface area (Å²) >= 11 is 3.41. The highest BCUT2D eigenvalue weighted by atomic mass is 79.9.